The largest absolute Gasteiger partial charge is 0.319 e. The SMILES string of the molecule is CNCC1CC12C1CCC2Cc2ccccc2C1. The minimum absolute atomic E-state index is 0.724. The summed E-state index contributed by atoms with van der Waals surface area (Å²) in [6, 6.07) is 9.20. The molecule has 1 heteroatoms. The maximum Gasteiger partial charge on any atom is -0.00178 e. The van der Waals surface area contributed by atoms with E-state index in [0.29, 0.717) is 0 Å². The van der Waals surface area contributed by atoms with E-state index in [1.54, 1.807) is 11.1 Å². The second-order valence-corrected chi connectivity index (χ2v) is 6.72. The summed E-state index contributed by atoms with van der Waals surface area (Å²) in [6.07, 6.45) is 7.18. The Morgan fingerprint density at radius 1 is 1.11 bits per heavy atom. The van der Waals surface area contributed by atoms with Crippen molar-refractivity contribution in [2.75, 3.05) is 13.6 Å². The second-order valence-electron chi connectivity index (χ2n) is 6.72. The Morgan fingerprint density at radius 2 is 1.72 bits per heavy atom. The fraction of sp³-hybridized carbons (Fsp3) is 0.647. The van der Waals surface area contributed by atoms with Crippen LogP contribution in [0, 0.1) is 23.2 Å². The van der Waals surface area contributed by atoms with Crippen molar-refractivity contribution in [1.82, 2.24) is 5.32 Å². The van der Waals surface area contributed by atoms with Crippen LogP contribution in [0.4, 0.5) is 0 Å². The standard InChI is InChI=1S/C17H23N/c1-18-11-16-10-17(16)14-6-7-15(17)9-13-5-3-2-4-12(13)8-14/h2-5,14-16,18H,6-11H2,1H3. The zero-order valence-electron chi connectivity index (χ0n) is 11.3. The van der Waals surface area contributed by atoms with E-state index in [0.717, 1.165) is 23.2 Å². The third kappa shape index (κ3) is 1.37. The normalized spacial score (nSPS) is 40.6. The highest BCUT2D eigenvalue weighted by molar-refractivity contribution is 5.33. The molecule has 3 atom stereocenters. The molecule has 0 radical (unpaired) electrons. The van der Waals surface area contributed by atoms with Crippen LogP contribution in [0.3, 0.4) is 0 Å². The molecule has 3 unspecified atom stereocenters. The van der Waals surface area contributed by atoms with E-state index < -0.39 is 0 Å². The lowest BCUT2D eigenvalue weighted by Gasteiger charge is -2.23. The molecule has 3 aliphatic rings. The van der Waals surface area contributed by atoms with Crippen LogP contribution in [0.25, 0.3) is 0 Å². The zero-order chi connectivity index (χ0) is 12.2. The second kappa shape index (κ2) is 3.84. The van der Waals surface area contributed by atoms with Crippen LogP contribution in [0.15, 0.2) is 24.3 Å². The predicted octanol–water partition coefficient (Wildman–Crippen LogP) is 3.04. The molecular formula is C17H23N. The maximum atomic E-state index is 3.41. The number of hydrogen-bond acceptors (Lipinski definition) is 1. The maximum absolute atomic E-state index is 3.41. The summed E-state index contributed by atoms with van der Waals surface area (Å²) in [7, 11) is 2.11. The molecule has 1 nitrogen and oxygen atoms in total. The van der Waals surface area contributed by atoms with E-state index in [1.165, 1.54) is 38.6 Å². The first-order chi connectivity index (χ1) is 8.84. The van der Waals surface area contributed by atoms with Gasteiger partial charge in [-0.05, 0) is 80.0 Å². The fourth-order valence-electron chi connectivity index (χ4n) is 5.22. The molecule has 0 amide bonds. The monoisotopic (exact) mass is 241 g/mol. The average Bonchev–Trinajstić information content (AvgIpc) is 2.99. The summed E-state index contributed by atoms with van der Waals surface area (Å²) in [5.74, 6) is 2.92. The number of benzene rings is 1. The van der Waals surface area contributed by atoms with E-state index in [2.05, 4.69) is 36.6 Å². The first-order valence-corrected chi connectivity index (χ1v) is 7.56. The van der Waals surface area contributed by atoms with Crippen molar-refractivity contribution in [3.05, 3.63) is 35.4 Å². The Balaban J connectivity index is 1.68. The van der Waals surface area contributed by atoms with Gasteiger partial charge in [0.1, 0.15) is 0 Å². The third-order valence-corrected chi connectivity index (χ3v) is 6.09. The van der Waals surface area contributed by atoms with Gasteiger partial charge in [-0.1, -0.05) is 24.3 Å². The minimum atomic E-state index is 0.724. The lowest BCUT2D eigenvalue weighted by Crippen LogP contribution is -2.23. The third-order valence-electron chi connectivity index (χ3n) is 6.09. The molecule has 1 spiro atoms. The fourth-order valence-corrected chi connectivity index (χ4v) is 5.22. The first-order valence-electron chi connectivity index (χ1n) is 7.56. The van der Waals surface area contributed by atoms with Gasteiger partial charge in [0.15, 0.2) is 0 Å². The van der Waals surface area contributed by atoms with E-state index >= 15 is 0 Å². The molecule has 0 aromatic heterocycles. The van der Waals surface area contributed by atoms with Gasteiger partial charge in [0, 0.05) is 0 Å². The molecule has 3 aliphatic carbocycles. The van der Waals surface area contributed by atoms with Crippen LogP contribution >= 0.6 is 0 Å². The Labute approximate surface area is 110 Å². The van der Waals surface area contributed by atoms with E-state index in [4.69, 9.17) is 0 Å². The van der Waals surface area contributed by atoms with Gasteiger partial charge >= 0.3 is 0 Å². The smallest absolute Gasteiger partial charge is 0.00178 e. The number of rotatable bonds is 2. The highest BCUT2D eigenvalue weighted by Crippen LogP contribution is 2.70. The van der Waals surface area contributed by atoms with Crippen molar-refractivity contribution in [2.45, 2.75) is 32.1 Å². The van der Waals surface area contributed by atoms with Gasteiger partial charge in [-0.25, -0.2) is 0 Å². The highest BCUT2D eigenvalue weighted by atomic mass is 14.9. The Morgan fingerprint density at radius 3 is 2.28 bits per heavy atom. The molecule has 18 heavy (non-hydrogen) atoms. The molecule has 0 aliphatic heterocycles. The zero-order valence-corrected chi connectivity index (χ0v) is 11.3. The number of hydrogen-bond donors (Lipinski definition) is 1. The Bertz CT molecular complexity index is 431. The summed E-state index contributed by atoms with van der Waals surface area (Å²) in [5, 5.41) is 3.41. The van der Waals surface area contributed by atoms with Gasteiger partial charge in [-0.15, -0.1) is 0 Å². The van der Waals surface area contributed by atoms with Crippen LogP contribution < -0.4 is 5.32 Å². The molecule has 96 valence electrons. The van der Waals surface area contributed by atoms with Crippen LogP contribution in [0.1, 0.15) is 30.4 Å². The summed E-state index contributed by atoms with van der Waals surface area (Å²) in [5.41, 5.74) is 4.03. The number of fused-ring (bicyclic) bond motifs is 1. The first kappa shape index (κ1) is 11.0. The van der Waals surface area contributed by atoms with Crippen LogP contribution in [0.5, 0.6) is 0 Å². The van der Waals surface area contributed by atoms with E-state index in [-0.39, 0.29) is 0 Å². The van der Waals surface area contributed by atoms with Crippen LogP contribution in [0.2, 0.25) is 0 Å². The molecule has 0 heterocycles. The lowest BCUT2D eigenvalue weighted by atomic mass is 9.82. The van der Waals surface area contributed by atoms with Crippen molar-refractivity contribution in [2.24, 2.45) is 23.2 Å². The van der Waals surface area contributed by atoms with Gasteiger partial charge in [0.25, 0.3) is 0 Å². The summed E-state index contributed by atoms with van der Waals surface area (Å²) >= 11 is 0. The minimum Gasteiger partial charge on any atom is -0.319 e. The van der Waals surface area contributed by atoms with Gasteiger partial charge < -0.3 is 5.32 Å². The van der Waals surface area contributed by atoms with Crippen LogP contribution in [-0.4, -0.2) is 13.6 Å². The molecule has 0 saturated heterocycles. The van der Waals surface area contributed by atoms with E-state index in [9.17, 15) is 0 Å². The highest BCUT2D eigenvalue weighted by Gasteiger charge is 2.65. The number of nitrogens with one attached hydrogen (secondary N) is 1. The van der Waals surface area contributed by atoms with Crippen LogP contribution in [-0.2, 0) is 12.8 Å². The van der Waals surface area contributed by atoms with Gasteiger partial charge in [0.2, 0.25) is 0 Å². The quantitative estimate of drug-likeness (QED) is 0.839. The molecule has 1 aromatic rings. The molecule has 2 fully saturated rings. The van der Waals surface area contributed by atoms with Gasteiger partial charge in [0.05, 0.1) is 0 Å². The predicted molar refractivity (Wildman–Crippen MR) is 74.5 cm³/mol. The average molecular weight is 241 g/mol. The van der Waals surface area contributed by atoms with Crippen molar-refractivity contribution in [1.29, 1.82) is 0 Å². The summed E-state index contributed by atoms with van der Waals surface area (Å²) in [6.45, 7) is 1.24. The molecule has 2 bridgehead atoms. The van der Waals surface area contributed by atoms with Crippen molar-refractivity contribution < 1.29 is 0 Å². The van der Waals surface area contributed by atoms with Crippen molar-refractivity contribution in [3.63, 3.8) is 0 Å². The topological polar surface area (TPSA) is 12.0 Å². The van der Waals surface area contributed by atoms with Gasteiger partial charge in [-0.2, -0.15) is 0 Å². The molecule has 1 N–H and O–H groups in total. The lowest BCUT2D eigenvalue weighted by molar-refractivity contribution is 0.259. The molecule has 1 aromatic carbocycles. The Hall–Kier alpha value is -0.820. The molecular weight excluding hydrogens is 218 g/mol. The summed E-state index contributed by atoms with van der Waals surface area (Å²) in [4.78, 5) is 0. The van der Waals surface area contributed by atoms with Crippen molar-refractivity contribution >= 4 is 0 Å². The molecule has 2 saturated carbocycles. The van der Waals surface area contributed by atoms with Crippen molar-refractivity contribution in [3.8, 4) is 0 Å². The Kier molecular flexibility index (Phi) is 2.35. The van der Waals surface area contributed by atoms with E-state index in [1.807, 2.05) is 0 Å². The molecule has 4 rings (SSSR count). The summed E-state index contributed by atoms with van der Waals surface area (Å²) < 4.78 is 0. The van der Waals surface area contributed by atoms with Gasteiger partial charge in [-0.3, -0.25) is 0 Å².